The van der Waals surface area contributed by atoms with Crippen molar-refractivity contribution in [1.82, 2.24) is 0 Å². The molecule has 0 saturated carbocycles. The van der Waals surface area contributed by atoms with Gasteiger partial charge in [-0.15, -0.1) is 0 Å². The van der Waals surface area contributed by atoms with E-state index in [1.807, 2.05) is 6.92 Å². The van der Waals surface area contributed by atoms with Gasteiger partial charge in [-0.25, -0.2) is 0 Å². The molecule has 2 rings (SSSR count). The first kappa shape index (κ1) is 13.9. The summed E-state index contributed by atoms with van der Waals surface area (Å²) in [6, 6.07) is 11.0. The maximum absolute atomic E-state index is 12.1. The summed E-state index contributed by atoms with van der Waals surface area (Å²) in [6.45, 7) is 1.85. The standard InChI is InChI=1S/C14H11NO4S/c1-11-4-6-12(7-5-11)20(16,17)19-14(8-9-15)13-3-2-10-18-13/h2-8,10H,1H3/b14-8+. The second-order valence-electron chi connectivity index (χ2n) is 3.97. The Labute approximate surface area is 116 Å². The van der Waals surface area contributed by atoms with E-state index in [-0.39, 0.29) is 16.4 Å². The smallest absolute Gasteiger partial charge is 0.339 e. The summed E-state index contributed by atoms with van der Waals surface area (Å²) in [4.78, 5) is 0.0125. The Morgan fingerprint density at radius 3 is 2.55 bits per heavy atom. The fourth-order valence-electron chi connectivity index (χ4n) is 1.48. The molecule has 0 fully saturated rings. The number of aryl methyl sites for hydroxylation is 1. The molecule has 0 N–H and O–H groups in total. The van der Waals surface area contributed by atoms with Crippen LogP contribution in [0.3, 0.4) is 0 Å². The average molecular weight is 289 g/mol. The molecule has 1 aromatic carbocycles. The van der Waals surface area contributed by atoms with Gasteiger partial charge in [-0.3, -0.25) is 0 Å². The van der Waals surface area contributed by atoms with E-state index in [1.165, 1.54) is 24.5 Å². The lowest BCUT2D eigenvalue weighted by atomic mass is 10.2. The van der Waals surface area contributed by atoms with E-state index in [2.05, 4.69) is 0 Å². The summed E-state index contributed by atoms with van der Waals surface area (Å²) in [5.74, 6) is 0.0142. The number of hydrogen-bond acceptors (Lipinski definition) is 5. The topological polar surface area (TPSA) is 80.3 Å². The molecule has 0 amide bonds. The van der Waals surface area contributed by atoms with E-state index in [0.29, 0.717) is 0 Å². The number of rotatable bonds is 4. The van der Waals surface area contributed by atoms with Gasteiger partial charge in [-0.1, -0.05) is 17.7 Å². The molecular formula is C14H11NO4S. The molecule has 0 atom stereocenters. The summed E-state index contributed by atoms with van der Waals surface area (Å²) in [5, 5.41) is 8.70. The van der Waals surface area contributed by atoms with Crippen LogP contribution in [0.4, 0.5) is 0 Å². The molecule has 1 heterocycles. The lowest BCUT2D eigenvalue weighted by Gasteiger charge is -2.08. The van der Waals surface area contributed by atoms with Crippen LogP contribution in [0.5, 0.6) is 0 Å². The van der Waals surface area contributed by atoms with Crippen molar-refractivity contribution in [3.05, 3.63) is 60.1 Å². The fraction of sp³-hybridized carbons (Fsp3) is 0.0714. The van der Waals surface area contributed by atoms with Gasteiger partial charge >= 0.3 is 10.1 Å². The van der Waals surface area contributed by atoms with Crippen LogP contribution < -0.4 is 0 Å². The van der Waals surface area contributed by atoms with Crippen LogP contribution in [-0.4, -0.2) is 8.42 Å². The molecule has 0 aliphatic carbocycles. The zero-order valence-electron chi connectivity index (χ0n) is 10.6. The number of allylic oxidation sites excluding steroid dienone is 1. The monoisotopic (exact) mass is 289 g/mol. The molecule has 0 aliphatic heterocycles. The molecule has 102 valence electrons. The van der Waals surface area contributed by atoms with Crippen molar-refractivity contribution >= 4 is 15.9 Å². The van der Waals surface area contributed by atoms with Gasteiger partial charge < -0.3 is 8.60 Å². The zero-order chi connectivity index (χ0) is 14.6. The maximum Gasteiger partial charge on any atom is 0.339 e. The highest BCUT2D eigenvalue weighted by molar-refractivity contribution is 7.87. The van der Waals surface area contributed by atoms with Crippen LogP contribution in [0.1, 0.15) is 11.3 Å². The van der Waals surface area contributed by atoms with E-state index >= 15 is 0 Å². The van der Waals surface area contributed by atoms with Gasteiger partial charge in [0.05, 0.1) is 18.4 Å². The van der Waals surface area contributed by atoms with Crippen LogP contribution >= 0.6 is 0 Å². The third kappa shape index (κ3) is 3.08. The molecule has 6 heteroatoms. The highest BCUT2D eigenvalue weighted by Crippen LogP contribution is 2.23. The molecule has 0 radical (unpaired) electrons. The number of nitrogens with zero attached hydrogens (tertiary/aromatic N) is 1. The van der Waals surface area contributed by atoms with Crippen LogP contribution in [0.2, 0.25) is 0 Å². The quantitative estimate of drug-likeness (QED) is 0.491. The largest absolute Gasteiger partial charge is 0.461 e. The second kappa shape index (κ2) is 5.63. The Morgan fingerprint density at radius 1 is 1.30 bits per heavy atom. The highest BCUT2D eigenvalue weighted by Gasteiger charge is 2.20. The summed E-state index contributed by atoms with van der Waals surface area (Å²) in [7, 11) is -4.00. The first-order valence-electron chi connectivity index (χ1n) is 5.68. The van der Waals surface area contributed by atoms with Gasteiger partial charge in [-0.2, -0.15) is 13.7 Å². The molecule has 5 nitrogen and oxygen atoms in total. The predicted molar refractivity (Wildman–Crippen MR) is 71.7 cm³/mol. The van der Waals surface area contributed by atoms with Crippen LogP contribution in [0, 0.1) is 18.3 Å². The normalized spacial score (nSPS) is 11.9. The third-order valence-electron chi connectivity index (χ3n) is 2.47. The molecule has 20 heavy (non-hydrogen) atoms. The predicted octanol–water partition coefficient (Wildman–Crippen LogP) is 2.86. The molecule has 0 spiro atoms. The SMILES string of the molecule is Cc1ccc(S(=O)(=O)O/C(=C/C#N)c2ccco2)cc1. The van der Waals surface area contributed by atoms with E-state index in [9.17, 15) is 8.42 Å². The van der Waals surface area contributed by atoms with Gasteiger partial charge in [0.25, 0.3) is 0 Å². The van der Waals surface area contributed by atoms with Gasteiger partial charge in [-0.05, 0) is 31.2 Å². The van der Waals surface area contributed by atoms with Gasteiger partial charge in [0.1, 0.15) is 4.90 Å². The fourth-order valence-corrected chi connectivity index (χ4v) is 2.42. The van der Waals surface area contributed by atoms with E-state index < -0.39 is 10.1 Å². The highest BCUT2D eigenvalue weighted by atomic mass is 32.2. The minimum Gasteiger partial charge on any atom is -0.461 e. The van der Waals surface area contributed by atoms with Gasteiger partial charge in [0.2, 0.25) is 0 Å². The Bertz CT molecular complexity index is 751. The lowest BCUT2D eigenvalue weighted by Crippen LogP contribution is -2.05. The van der Waals surface area contributed by atoms with Crippen molar-refractivity contribution in [3.63, 3.8) is 0 Å². The van der Waals surface area contributed by atoms with Crippen molar-refractivity contribution in [3.8, 4) is 6.07 Å². The molecule has 1 aromatic heterocycles. The minimum atomic E-state index is -4.00. The summed E-state index contributed by atoms with van der Waals surface area (Å²) in [6.07, 6.45) is 2.34. The molecule has 0 unspecified atom stereocenters. The van der Waals surface area contributed by atoms with Crippen LogP contribution in [-0.2, 0) is 14.3 Å². The first-order chi connectivity index (χ1) is 9.53. The van der Waals surface area contributed by atoms with Gasteiger partial charge in [0.15, 0.2) is 11.5 Å². The summed E-state index contributed by atoms with van der Waals surface area (Å²) >= 11 is 0. The van der Waals surface area contributed by atoms with E-state index in [0.717, 1.165) is 11.6 Å². The Morgan fingerprint density at radius 2 is 2.00 bits per heavy atom. The van der Waals surface area contributed by atoms with E-state index in [1.54, 1.807) is 24.3 Å². The number of furan rings is 1. The van der Waals surface area contributed by atoms with Crippen LogP contribution in [0.15, 0.2) is 58.1 Å². The second-order valence-corrected chi connectivity index (χ2v) is 5.51. The van der Waals surface area contributed by atoms with Crippen molar-refractivity contribution in [1.29, 1.82) is 5.26 Å². The number of nitriles is 1. The molecule has 0 saturated heterocycles. The van der Waals surface area contributed by atoms with Crippen molar-refractivity contribution in [2.45, 2.75) is 11.8 Å². The average Bonchev–Trinajstić information content (AvgIpc) is 2.92. The molecular weight excluding hydrogens is 278 g/mol. The summed E-state index contributed by atoms with van der Waals surface area (Å²) < 4.78 is 34.2. The van der Waals surface area contributed by atoms with Crippen LogP contribution in [0.25, 0.3) is 5.76 Å². The number of hydrogen-bond donors (Lipinski definition) is 0. The molecule has 0 bridgehead atoms. The number of benzene rings is 1. The molecule has 0 aliphatic rings. The van der Waals surface area contributed by atoms with Crippen molar-refractivity contribution < 1.29 is 17.0 Å². The Hall–Kier alpha value is -2.52. The molecule has 2 aromatic rings. The zero-order valence-corrected chi connectivity index (χ0v) is 11.4. The maximum atomic E-state index is 12.1. The summed E-state index contributed by atoms with van der Waals surface area (Å²) in [5.41, 5.74) is 0.933. The first-order valence-corrected chi connectivity index (χ1v) is 7.08. The Kier molecular flexibility index (Phi) is 3.91. The Balaban J connectivity index is 2.34. The van der Waals surface area contributed by atoms with Crippen molar-refractivity contribution in [2.24, 2.45) is 0 Å². The minimum absolute atomic E-state index is 0.0125. The third-order valence-corrected chi connectivity index (χ3v) is 3.72. The van der Waals surface area contributed by atoms with Gasteiger partial charge in [0, 0.05) is 0 Å². The lowest BCUT2D eigenvalue weighted by molar-refractivity contribution is 0.440. The van der Waals surface area contributed by atoms with Crippen molar-refractivity contribution in [2.75, 3.05) is 0 Å². The van der Waals surface area contributed by atoms with E-state index in [4.69, 9.17) is 13.9 Å².